The highest BCUT2D eigenvalue weighted by molar-refractivity contribution is 6.10. The SMILES string of the molecule is CCOc1ccc(/C=C(\C#N)C(=O)Nc2cc3c(cc2[N+](=O)[O-])OCCO3)cc1. The number of ether oxygens (including phenoxy) is 3. The van der Waals surface area contributed by atoms with Crippen LogP contribution < -0.4 is 19.5 Å². The van der Waals surface area contributed by atoms with Gasteiger partial charge in [-0.1, -0.05) is 12.1 Å². The van der Waals surface area contributed by atoms with Crippen LogP contribution in [0.15, 0.2) is 42.0 Å². The van der Waals surface area contributed by atoms with Gasteiger partial charge in [0.1, 0.15) is 36.3 Å². The lowest BCUT2D eigenvalue weighted by molar-refractivity contribution is -0.384. The summed E-state index contributed by atoms with van der Waals surface area (Å²) in [5.41, 5.74) is -0.0479. The van der Waals surface area contributed by atoms with Gasteiger partial charge in [-0.25, -0.2) is 0 Å². The minimum Gasteiger partial charge on any atom is -0.494 e. The van der Waals surface area contributed by atoms with Crippen LogP contribution in [0, 0.1) is 21.4 Å². The maximum Gasteiger partial charge on any atom is 0.296 e. The predicted molar refractivity (Wildman–Crippen MR) is 104 cm³/mol. The number of carbonyl (C=O) groups excluding carboxylic acids is 1. The smallest absolute Gasteiger partial charge is 0.296 e. The summed E-state index contributed by atoms with van der Waals surface area (Å²) in [6.07, 6.45) is 1.38. The van der Waals surface area contributed by atoms with E-state index >= 15 is 0 Å². The standard InChI is InChI=1S/C20H17N3O6/c1-2-27-15-5-3-13(4-6-15)9-14(12-21)20(24)22-16-10-18-19(29-8-7-28-18)11-17(16)23(25)26/h3-6,9-11H,2,7-8H2,1H3,(H,22,24)/b14-9+. The third-order valence-corrected chi connectivity index (χ3v) is 3.97. The van der Waals surface area contributed by atoms with Gasteiger partial charge in [-0.15, -0.1) is 0 Å². The summed E-state index contributed by atoms with van der Waals surface area (Å²) in [5, 5.41) is 23.1. The van der Waals surface area contributed by atoms with Gasteiger partial charge in [0.25, 0.3) is 11.6 Å². The summed E-state index contributed by atoms with van der Waals surface area (Å²) in [6, 6.07) is 11.1. The Morgan fingerprint density at radius 3 is 2.52 bits per heavy atom. The minimum atomic E-state index is -0.777. The van der Waals surface area contributed by atoms with E-state index in [4.69, 9.17) is 14.2 Å². The van der Waals surface area contributed by atoms with Crippen LogP contribution in [-0.2, 0) is 4.79 Å². The fourth-order valence-corrected chi connectivity index (χ4v) is 2.66. The van der Waals surface area contributed by atoms with E-state index in [1.54, 1.807) is 24.3 Å². The molecule has 0 aliphatic carbocycles. The van der Waals surface area contributed by atoms with Crippen LogP contribution in [0.5, 0.6) is 17.2 Å². The quantitative estimate of drug-likeness (QED) is 0.344. The van der Waals surface area contributed by atoms with Gasteiger partial charge in [0, 0.05) is 6.07 Å². The largest absolute Gasteiger partial charge is 0.494 e. The summed E-state index contributed by atoms with van der Waals surface area (Å²) < 4.78 is 16.1. The molecule has 2 aromatic carbocycles. The first-order chi connectivity index (χ1) is 14.0. The second-order valence-corrected chi connectivity index (χ2v) is 5.90. The van der Waals surface area contributed by atoms with E-state index in [-0.39, 0.29) is 35.1 Å². The van der Waals surface area contributed by atoms with Crippen molar-refractivity contribution < 1.29 is 23.9 Å². The summed E-state index contributed by atoms with van der Waals surface area (Å²) in [6.45, 7) is 2.96. The van der Waals surface area contributed by atoms with Crippen LogP contribution in [0.2, 0.25) is 0 Å². The normalized spacial score (nSPS) is 12.6. The van der Waals surface area contributed by atoms with Crippen LogP contribution in [0.1, 0.15) is 12.5 Å². The summed E-state index contributed by atoms with van der Waals surface area (Å²) in [5.74, 6) is 0.401. The van der Waals surface area contributed by atoms with Gasteiger partial charge in [-0.3, -0.25) is 14.9 Å². The number of benzene rings is 2. The monoisotopic (exact) mass is 395 g/mol. The zero-order valence-electron chi connectivity index (χ0n) is 15.5. The highest BCUT2D eigenvalue weighted by Crippen LogP contribution is 2.39. The molecular formula is C20H17N3O6. The lowest BCUT2D eigenvalue weighted by Gasteiger charge is -2.19. The van der Waals surface area contributed by atoms with Crippen molar-refractivity contribution in [3.8, 4) is 23.3 Å². The van der Waals surface area contributed by atoms with Crippen molar-refractivity contribution in [3.63, 3.8) is 0 Å². The Balaban J connectivity index is 1.86. The third-order valence-electron chi connectivity index (χ3n) is 3.97. The number of nitro groups is 1. The van der Waals surface area contributed by atoms with E-state index in [0.717, 1.165) is 0 Å². The van der Waals surface area contributed by atoms with E-state index in [2.05, 4.69) is 5.32 Å². The molecule has 2 aromatic rings. The number of hydrogen-bond acceptors (Lipinski definition) is 7. The van der Waals surface area contributed by atoms with Gasteiger partial charge in [-0.2, -0.15) is 5.26 Å². The first kappa shape index (κ1) is 19.7. The van der Waals surface area contributed by atoms with Crippen molar-refractivity contribution in [2.24, 2.45) is 0 Å². The van der Waals surface area contributed by atoms with Crippen molar-refractivity contribution in [2.75, 3.05) is 25.1 Å². The molecule has 0 saturated heterocycles. The Morgan fingerprint density at radius 2 is 1.93 bits per heavy atom. The Bertz CT molecular complexity index is 1010. The summed E-state index contributed by atoms with van der Waals surface area (Å²) in [4.78, 5) is 23.3. The molecule has 0 radical (unpaired) electrons. The first-order valence-corrected chi connectivity index (χ1v) is 8.76. The molecule has 1 heterocycles. The molecule has 1 aliphatic heterocycles. The Kier molecular flexibility index (Phi) is 5.94. The molecule has 9 nitrogen and oxygen atoms in total. The van der Waals surface area contributed by atoms with Crippen LogP contribution in [0.3, 0.4) is 0 Å². The van der Waals surface area contributed by atoms with Gasteiger partial charge in [0.15, 0.2) is 11.5 Å². The maximum absolute atomic E-state index is 12.5. The van der Waals surface area contributed by atoms with Crippen molar-refractivity contribution in [1.29, 1.82) is 5.26 Å². The Labute approximate surface area is 166 Å². The number of hydrogen-bond donors (Lipinski definition) is 1. The fourth-order valence-electron chi connectivity index (χ4n) is 2.66. The highest BCUT2D eigenvalue weighted by atomic mass is 16.6. The number of amides is 1. The number of fused-ring (bicyclic) bond motifs is 1. The third kappa shape index (κ3) is 4.62. The lowest BCUT2D eigenvalue weighted by atomic mass is 10.1. The molecule has 1 N–H and O–H groups in total. The van der Waals surface area contributed by atoms with Crippen molar-refractivity contribution in [2.45, 2.75) is 6.92 Å². The second-order valence-electron chi connectivity index (χ2n) is 5.90. The van der Waals surface area contributed by atoms with Crippen LogP contribution in [0.25, 0.3) is 6.08 Å². The molecule has 0 spiro atoms. The molecule has 0 fully saturated rings. The summed E-state index contributed by atoms with van der Waals surface area (Å²) >= 11 is 0. The van der Waals surface area contributed by atoms with Crippen LogP contribution in [0.4, 0.5) is 11.4 Å². The second kappa shape index (κ2) is 8.75. The zero-order valence-corrected chi connectivity index (χ0v) is 15.5. The number of anilines is 1. The van der Waals surface area contributed by atoms with Gasteiger partial charge in [0.2, 0.25) is 0 Å². The molecule has 0 aromatic heterocycles. The van der Waals surface area contributed by atoms with E-state index < -0.39 is 10.8 Å². The number of nitrogens with zero attached hydrogens (tertiary/aromatic N) is 2. The molecule has 3 rings (SSSR count). The molecule has 29 heavy (non-hydrogen) atoms. The van der Waals surface area contributed by atoms with E-state index in [0.29, 0.717) is 24.5 Å². The highest BCUT2D eigenvalue weighted by Gasteiger charge is 2.24. The molecule has 1 aliphatic rings. The average Bonchev–Trinajstić information content (AvgIpc) is 2.72. The molecule has 0 bridgehead atoms. The lowest BCUT2D eigenvalue weighted by Crippen LogP contribution is -2.18. The molecule has 1 amide bonds. The molecule has 0 atom stereocenters. The Morgan fingerprint density at radius 1 is 1.28 bits per heavy atom. The van der Waals surface area contributed by atoms with E-state index in [1.807, 2.05) is 13.0 Å². The van der Waals surface area contributed by atoms with Crippen molar-refractivity contribution in [1.82, 2.24) is 0 Å². The number of carbonyl (C=O) groups is 1. The van der Waals surface area contributed by atoms with E-state index in [9.17, 15) is 20.2 Å². The van der Waals surface area contributed by atoms with Crippen molar-refractivity contribution >= 4 is 23.4 Å². The molecule has 148 valence electrons. The molecule has 0 unspecified atom stereocenters. The van der Waals surface area contributed by atoms with E-state index in [1.165, 1.54) is 18.2 Å². The van der Waals surface area contributed by atoms with Crippen LogP contribution >= 0.6 is 0 Å². The Hall–Kier alpha value is -4.06. The topological polar surface area (TPSA) is 124 Å². The predicted octanol–water partition coefficient (Wildman–Crippen LogP) is 3.31. The minimum absolute atomic E-state index is 0.0860. The van der Waals surface area contributed by atoms with Gasteiger partial charge in [-0.05, 0) is 30.7 Å². The molecular weight excluding hydrogens is 378 g/mol. The molecule has 0 saturated carbocycles. The number of rotatable bonds is 6. The number of nitriles is 1. The zero-order chi connectivity index (χ0) is 20.8. The average molecular weight is 395 g/mol. The fraction of sp³-hybridized carbons (Fsp3) is 0.200. The molecule has 9 heteroatoms. The number of nitro benzene ring substituents is 1. The van der Waals surface area contributed by atoms with Gasteiger partial charge < -0.3 is 19.5 Å². The van der Waals surface area contributed by atoms with Crippen LogP contribution in [-0.4, -0.2) is 30.7 Å². The number of nitrogens with one attached hydrogen (secondary N) is 1. The maximum atomic E-state index is 12.5. The first-order valence-electron chi connectivity index (χ1n) is 8.76. The summed E-state index contributed by atoms with van der Waals surface area (Å²) in [7, 11) is 0. The van der Waals surface area contributed by atoms with Gasteiger partial charge in [0.05, 0.1) is 17.6 Å². The van der Waals surface area contributed by atoms with Gasteiger partial charge >= 0.3 is 0 Å². The van der Waals surface area contributed by atoms with Crippen molar-refractivity contribution in [3.05, 3.63) is 57.6 Å².